The zero-order valence-electron chi connectivity index (χ0n) is 12.7. The molecule has 21 heavy (non-hydrogen) atoms. The van der Waals surface area contributed by atoms with Crippen molar-refractivity contribution in [1.29, 1.82) is 0 Å². The summed E-state index contributed by atoms with van der Waals surface area (Å²) in [6, 6.07) is 0. The van der Waals surface area contributed by atoms with Crippen molar-refractivity contribution in [3.63, 3.8) is 0 Å². The Kier molecular flexibility index (Phi) is 3.69. The number of carbonyl (C=O) groups is 2. The van der Waals surface area contributed by atoms with Gasteiger partial charge in [-0.3, -0.25) is 9.59 Å². The third-order valence-electron chi connectivity index (χ3n) is 4.44. The van der Waals surface area contributed by atoms with Crippen molar-refractivity contribution in [3.05, 3.63) is 17.7 Å². The molecule has 2 aliphatic rings. The summed E-state index contributed by atoms with van der Waals surface area (Å²) in [5.74, 6) is 1.54. The highest BCUT2D eigenvalue weighted by Gasteiger charge is 2.32. The van der Waals surface area contributed by atoms with Crippen LogP contribution >= 0.6 is 0 Å². The fourth-order valence-corrected chi connectivity index (χ4v) is 3.35. The monoisotopic (exact) mass is 290 g/mol. The highest BCUT2D eigenvalue weighted by atomic mass is 16.2. The molecule has 114 valence electrons. The van der Waals surface area contributed by atoms with Crippen LogP contribution in [0, 0.1) is 6.92 Å². The molecule has 2 fully saturated rings. The fraction of sp³-hybridized carbons (Fsp3) is 0.667. The van der Waals surface area contributed by atoms with Gasteiger partial charge in [-0.1, -0.05) is 0 Å². The van der Waals surface area contributed by atoms with E-state index in [9.17, 15) is 9.59 Å². The molecule has 2 saturated heterocycles. The van der Waals surface area contributed by atoms with Crippen LogP contribution in [0.5, 0.6) is 0 Å². The number of imidazole rings is 1. The van der Waals surface area contributed by atoms with Crippen molar-refractivity contribution in [2.45, 2.75) is 32.1 Å². The van der Waals surface area contributed by atoms with Crippen LogP contribution in [0.25, 0.3) is 0 Å². The molecule has 1 aromatic heterocycles. The Bertz CT molecular complexity index is 566. The maximum absolute atomic E-state index is 12.3. The molecular formula is C15H22N4O2. The van der Waals surface area contributed by atoms with E-state index in [2.05, 4.69) is 9.55 Å². The van der Waals surface area contributed by atoms with E-state index < -0.39 is 0 Å². The van der Waals surface area contributed by atoms with Gasteiger partial charge in [0.2, 0.25) is 11.8 Å². The lowest BCUT2D eigenvalue weighted by Crippen LogP contribution is -2.39. The van der Waals surface area contributed by atoms with Crippen molar-refractivity contribution >= 4 is 11.8 Å². The number of hydrogen-bond acceptors (Lipinski definition) is 3. The van der Waals surface area contributed by atoms with E-state index in [-0.39, 0.29) is 18.4 Å². The topological polar surface area (TPSA) is 58.4 Å². The van der Waals surface area contributed by atoms with Gasteiger partial charge in [0.1, 0.15) is 5.82 Å². The van der Waals surface area contributed by atoms with E-state index in [1.165, 1.54) is 0 Å². The first-order valence-electron chi connectivity index (χ1n) is 7.60. The molecule has 2 aliphatic heterocycles. The summed E-state index contributed by atoms with van der Waals surface area (Å²) in [5, 5.41) is 0. The van der Waals surface area contributed by atoms with Gasteiger partial charge in [0.25, 0.3) is 0 Å². The van der Waals surface area contributed by atoms with Gasteiger partial charge < -0.3 is 14.4 Å². The molecule has 1 aromatic rings. The van der Waals surface area contributed by atoms with Crippen LogP contribution in [0.15, 0.2) is 6.20 Å². The summed E-state index contributed by atoms with van der Waals surface area (Å²) in [5.41, 5.74) is 1.01. The van der Waals surface area contributed by atoms with Gasteiger partial charge in [0.05, 0.1) is 12.2 Å². The van der Waals surface area contributed by atoms with Gasteiger partial charge in [-0.05, 0) is 19.8 Å². The number of likely N-dealkylation sites (tertiary alicyclic amines) is 2. The predicted molar refractivity (Wildman–Crippen MR) is 77.7 cm³/mol. The van der Waals surface area contributed by atoms with Crippen LogP contribution in [0.1, 0.15) is 36.7 Å². The normalized spacial score (nSPS) is 22.4. The number of carbonyl (C=O) groups excluding carboxylic acids is 2. The van der Waals surface area contributed by atoms with Crippen molar-refractivity contribution in [2.24, 2.45) is 7.05 Å². The van der Waals surface area contributed by atoms with Crippen LogP contribution in [0.4, 0.5) is 0 Å². The molecule has 0 N–H and O–H groups in total. The van der Waals surface area contributed by atoms with Gasteiger partial charge in [0.15, 0.2) is 0 Å². The molecule has 0 spiro atoms. The Balaban J connectivity index is 1.60. The molecular weight excluding hydrogens is 268 g/mol. The summed E-state index contributed by atoms with van der Waals surface area (Å²) in [7, 11) is 2.00. The Morgan fingerprint density at radius 1 is 1.43 bits per heavy atom. The largest absolute Gasteiger partial charge is 0.340 e. The molecule has 0 unspecified atom stereocenters. The summed E-state index contributed by atoms with van der Waals surface area (Å²) in [6.45, 7) is 4.43. The quantitative estimate of drug-likeness (QED) is 0.822. The lowest BCUT2D eigenvalue weighted by molar-refractivity contribution is -0.137. The average molecular weight is 290 g/mol. The van der Waals surface area contributed by atoms with Gasteiger partial charge >= 0.3 is 0 Å². The Labute approximate surface area is 124 Å². The molecule has 0 aromatic carbocycles. The highest BCUT2D eigenvalue weighted by Crippen LogP contribution is 2.26. The highest BCUT2D eigenvalue weighted by molar-refractivity contribution is 5.86. The molecule has 3 rings (SSSR count). The lowest BCUT2D eigenvalue weighted by Gasteiger charge is -2.21. The molecule has 0 saturated carbocycles. The Hall–Kier alpha value is -1.85. The second-order valence-electron chi connectivity index (χ2n) is 6.10. The molecule has 2 amide bonds. The zero-order valence-corrected chi connectivity index (χ0v) is 12.7. The summed E-state index contributed by atoms with van der Waals surface area (Å²) < 4.78 is 2.05. The first-order valence-corrected chi connectivity index (χ1v) is 7.60. The predicted octanol–water partition coefficient (Wildman–Crippen LogP) is 0.667. The SMILES string of the molecule is Cc1cn(C)c([C@@H]2CCN(C(=O)CN3CCCC3=O)C2)n1. The van der Waals surface area contributed by atoms with Gasteiger partial charge in [0, 0.05) is 45.2 Å². The van der Waals surface area contributed by atoms with E-state index in [1.54, 1.807) is 4.90 Å². The summed E-state index contributed by atoms with van der Waals surface area (Å²) in [4.78, 5) is 32.0. The van der Waals surface area contributed by atoms with Gasteiger partial charge in [-0.2, -0.15) is 0 Å². The number of aromatic nitrogens is 2. The maximum Gasteiger partial charge on any atom is 0.242 e. The molecule has 0 radical (unpaired) electrons. The first kappa shape index (κ1) is 14.1. The van der Waals surface area contributed by atoms with Crippen LogP contribution in [-0.4, -0.2) is 57.3 Å². The van der Waals surface area contributed by atoms with E-state index in [1.807, 2.05) is 25.1 Å². The third-order valence-corrected chi connectivity index (χ3v) is 4.44. The van der Waals surface area contributed by atoms with Crippen LogP contribution in [-0.2, 0) is 16.6 Å². The van der Waals surface area contributed by atoms with Crippen LogP contribution in [0.3, 0.4) is 0 Å². The fourth-order valence-electron chi connectivity index (χ4n) is 3.35. The standard InChI is InChI=1S/C15H22N4O2/c1-11-8-17(2)15(16-11)12-5-7-19(9-12)14(21)10-18-6-3-4-13(18)20/h8,12H,3-7,9-10H2,1-2H3/t12-/m1/s1. The molecule has 0 bridgehead atoms. The van der Waals surface area contributed by atoms with Gasteiger partial charge in [-0.25, -0.2) is 4.98 Å². The molecule has 6 heteroatoms. The minimum atomic E-state index is 0.0682. The molecule has 1 atom stereocenters. The van der Waals surface area contributed by atoms with E-state index in [0.29, 0.717) is 18.9 Å². The molecule has 0 aliphatic carbocycles. The van der Waals surface area contributed by atoms with Crippen LogP contribution in [0.2, 0.25) is 0 Å². The second kappa shape index (κ2) is 5.50. The minimum Gasteiger partial charge on any atom is -0.340 e. The van der Waals surface area contributed by atoms with Crippen molar-refractivity contribution in [3.8, 4) is 0 Å². The van der Waals surface area contributed by atoms with Gasteiger partial charge in [-0.15, -0.1) is 0 Å². The number of aryl methyl sites for hydroxylation is 2. The third kappa shape index (κ3) is 2.80. The summed E-state index contributed by atoms with van der Waals surface area (Å²) in [6.07, 6.45) is 4.43. The lowest BCUT2D eigenvalue weighted by atomic mass is 10.1. The Morgan fingerprint density at radius 2 is 2.24 bits per heavy atom. The summed E-state index contributed by atoms with van der Waals surface area (Å²) >= 11 is 0. The first-order chi connectivity index (χ1) is 10.0. The van der Waals surface area contributed by atoms with E-state index >= 15 is 0 Å². The van der Waals surface area contributed by atoms with Crippen LogP contribution < -0.4 is 0 Å². The minimum absolute atomic E-state index is 0.0682. The van der Waals surface area contributed by atoms with Crippen molar-refractivity contribution in [2.75, 3.05) is 26.2 Å². The smallest absolute Gasteiger partial charge is 0.242 e. The number of nitrogens with zero attached hydrogens (tertiary/aromatic N) is 4. The molecule has 3 heterocycles. The number of rotatable bonds is 3. The number of hydrogen-bond donors (Lipinski definition) is 0. The average Bonchev–Trinajstić information content (AvgIpc) is 3.12. The number of amides is 2. The second-order valence-corrected chi connectivity index (χ2v) is 6.10. The van der Waals surface area contributed by atoms with Crippen molar-refractivity contribution in [1.82, 2.24) is 19.4 Å². The molecule has 6 nitrogen and oxygen atoms in total. The van der Waals surface area contributed by atoms with Crippen molar-refractivity contribution < 1.29 is 9.59 Å². The van der Waals surface area contributed by atoms with E-state index in [0.717, 1.165) is 37.4 Å². The van der Waals surface area contributed by atoms with E-state index in [4.69, 9.17) is 0 Å². The Morgan fingerprint density at radius 3 is 2.86 bits per heavy atom. The zero-order chi connectivity index (χ0) is 15.0. The maximum atomic E-state index is 12.3.